The lowest BCUT2D eigenvalue weighted by atomic mass is 10.8. The highest BCUT2D eigenvalue weighted by Crippen LogP contribution is 2.18. The van der Waals surface area contributed by atoms with Gasteiger partial charge < -0.3 is 9.47 Å². The number of hydrogen-bond acceptors (Lipinski definition) is 3. The zero-order chi connectivity index (χ0) is 7.61. The van der Waals surface area contributed by atoms with Crippen molar-refractivity contribution in [2.75, 3.05) is 6.54 Å². The van der Waals surface area contributed by atoms with Crippen LogP contribution < -0.4 is 0 Å². The second kappa shape index (κ2) is 2.36. The molecule has 1 rings (SSSR count). The Kier molecular flexibility index (Phi) is 1.69. The summed E-state index contributed by atoms with van der Waals surface area (Å²) in [6, 6.07) is 0. The first kappa shape index (κ1) is 7.17. The van der Waals surface area contributed by atoms with Gasteiger partial charge in [-0.2, -0.15) is 0 Å². The normalized spacial score (nSPS) is 18.1. The predicted molar refractivity (Wildman–Crippen MR) is 24.8 cm³/mol. The number of halogens is 3. The third-order valence-electron chi connectivity index (χ3n) is 0.682. The minimum atomic E-state index is -4.71. The van der Waals surface area contributed by atoms with E-state index in [9.17, 15) is 13.2 Å². The summed E-state index contributed by atoms with van der Waals surface area (Å²) in [6.07, 6.45) is -5.45. The van der Waals surface area contributed by atoms with Crippen LogP contribution in [0.2, 0.25) is 0 Å². The van der Waals surface area contributed by atoms with Gasteiger partial charge in [-0.3, -0.25) is 0 Å². The van der Waals surface area contributed by atoms with Crippen LogP contribution in [0.4, 0.5) is 13.2 Å². The van der Waals surface area contributed by atoms with Crippen molar-refractivity contribution in [1.82, 2.24) is 0 Å². The van der Waals surface area contributed by atoms with Crippen LogP contribution in [-0.4, -0.2) is 19.0 Å². The lowest BCUT2D eigenvalue weighted by Gasteiger charge is -2.05. The third kappa shape index (κ3) is 2.12. The van der Waals surface area contributed by atoms with Crippen LogP contribution in [0.1, 0.15) is 0 Å². The summed E-state index contributed by atoms with van der Waals surface area (Å²) in [5, 5.41) is 0. The first-order chi connectivity index (χ1) is 4.58. The molecule has 0 aromatic carbocycles. The summed E-state index contributed by atoms with van der Waals surface area (Å²) >= 11 is 0. The highest BCUT2D eigenvalue weighted by molar-refractivity contribution is 5.69. The molecule has 1 radical (unpaired) electrons. The van der Waals surface area contributed by atoms with E-state index in [-0.39, 0.29) is 6.54 Å². The lowest BCUT2D eigenvalue weighted by molar-refractivity contribution is -0.289. The standard InChI is InChI=1S/C4H3F3NO2/c5-4(6,7)10-3-8-1-2-9-3/h2H,1H2. The molecule has 1 heterocycles. The summed E-state index contributed by atoms with van der Waals surface area (Å²) < 4.78 is 41.4. The number of aliphatic imine (C=N–C) groups is 1. The van der Waals surface area contributed by atoms with E-state index in [0.717, 1.165) is 6.61 Å². The average Bonchev–Trinajstić information content (AvgIpc) is 2.12. The van der Waals surface area contributed by atoms with Gasteiger partial charge in [-0.25, -0.2) is 4.99 Å². The summed E-state index contributed by atoms with van der Waals surface area (Å²) in [4.78, 5) is 3.22. The molecule has 0 amide bonds. The Balaban J connectivity index is 2.38. The fourth-order valence-corrected chi connectivity index (χ4v) is 0.413. The smallest absolute Gasteiger partial charge is 0.441 e. The molecule has 57 valence electrons. The van der Waals surface area contributed by atoms with E-state index in [1.54, 1.807) is 0 Å². The van der Waals surface area contributed by atoms with E-state index in [0.29, 0.717) is 0 Å². The Morgan fingerprint density at radius 2 is 2.30 bits per heavy atom. The van der Waals surface area contributed by atoms with Crippen molar-refractivity contribution in [2.24, 2.45) is 4.99 Å². The molecule has 0 saturated carbocycles. The van der Waals surface area contributed by atoms with Crippen molar-refractivity contribution >= 4 is 6.08 Å². The Morgan fingerprint density at radius 3 is 2.70 bits per heavy atom. The summed E-state index contributed by atoms with van der Waals surface area (Å²) in [7, 11) is 0. The van der Waals surface area contributed by atoms with Crippen molar-refractivity contribution in [3.8, 4) is 0 Å². The van der Waals surface area contributed by atoms with E-state index in [1.165, 1.54) is 0 Å². The van der Waals surface area contributed by atoms with Gasteiger partial charge in [0.1, 0.15) is 0 Å². The minimum absolute atomic E-state index is 0.103. The van der Waals surface area contributed by atoms with Crippen LogP contribution in [-0.2, 0) is 9.47 Å². The minimum Gasteiger partial charge on any atom is -0.441 e. The van der Waals surface area contributed by atoms with Gasteiger partial charge in [-0.15, -0.1) is 13.2 Å². The number of alkyl halides is 3. The molecule has 0 aliphatic carbocycles. The van der Waals surface area contributed by atoms with E-state index >= 15 is 0 Å². The van der Waals surface area contributed by atoms with Gasteiger partial charge in [0.2, 0.25) is 0 Å². The molecule has 1 aliphatic rings. The lowest BCUT2D eigenvalue weighted by Crippen LogP contribution is -2.18. The SMILES string of the molecule is FC(F)(F)OC1=NC[CH]O1. The molecular weight excluding hydrogens is 151 g/mol. The van der Waals surface area contributed by atoms with Crippen LogP contribution in [0.5, 0.6) is 0 Å². The number of hydrogen-bond donors (Lipinski definition) is 0. The van der Waals surface area contributed by atoms with E-state index in [4.69, 9.17) is 0 Å². The van der Waals surface area contributed by atoms with Crippen LogP contribution in [0.25, 0.3) is 0 Å². The molecule has 0 aromatic heterocycles. The molecule has 0 aromatic rings. The maximum Gasteiger partial charge on any atom is 0.576 e. The second-order valence-electron chi connectivity index (χ2n) is 1.44. The van der Waals surface area contributed by atoms with Crippen LogP contribution in [0.15, 0.2) is 4.99 Å². The molecule has 3 nitrogen and oxygen atoms in total. The van der Waals surface area contributed by atoms with Gasteiger partial charge in [-0.1, -0.05) is 0 Å². The highest BCUT2D eigenvalue weighted by atomic mass is 19.4. The Bertz CT molecular complexity index is 153. The number of nitrogens with zero attached hydrogens (tertiary/aromatic N) is 1. The van der Waals surface area contributed by atoms with Gasteiger partial charge in [0.05, 0.1) is 6.54 Å². The molecule has 6 heteroatoms. The monoisotopic (exact) mass is 154 g/mol. The van der Waals surface area contributed by atoms with Crippen molar-refractivity contribution in [1.29, 1.82) is 0 Å². The highest BCUT2D eigenvalue weighted by Gasteiger charge is 2.34. The molecule has 0 atom stereocenters. The number of rotatable bonds is 0. The fraction of sp³-hybridized carbons (Fsp3) is 0.500. The maximum absolute atomic E-state index is 11.3. The summed E-state index contributed by atoms with van der Waals surface area (Å²) in [5.74, 6) is 0. The zero-order valence-electron chi connectivity index (χ0n) is 4.68. The number of ether oxygens (including phenoxy) is 2. The molecule has 0 bridgehead atoms. The Labute approximate surface area is 54.4 Å². The van der Waals surface area contributed by atoms with Crippen molar-refractivity contribution < 1.29 is 22.6 Å². The van der Waals surface area contributed by atoms with Gasteiger partial charge in [0, 0.05) is 0 Å². The first-order valence-electron chi connectivity index (χ1n) is 2.36. The Hall–Kier alpha value is -0.940. The fourth-order valence-electron chi connectivity index (χ4n) is 0.413. The van der Waals surface area contributed by atoms with Gasteiger partial charge >= 0.3 is 12.4 Å². The Morgan fingerprint density at radius 1 is 1.60 bits per heavy atom. The molecule has 1 aliphatic heterocycles. The van der Waals surface area contributed by atoms with E-state index < -0.39 is 12.4 Å². The first-order valence-corrected chi connectivity index (χ1v) is 2.36. The van der Waals surface area contributed by atoms with Gasteiger partial charge in [-0.05, 0) is 0 Å². The van der Waals surface area contributed by atoms with E-state index in [2.05, 4.69) is 14.5 Å². The summed E-state index contributed by atoms with van der Waals surface area (Å²) in [6.45, 7) is 1.21. The van der Waals surface area contributed by atoms with Crippen LogP contribution in [0.3, 0.4) is 0 Å². The third-order valence-corrected chi connectivity index (χ3v) is 0.682. The molecule has 0 unspecified atom stereocenters. The van der Waals surface area contributed by atoms with Crippen molar-refractivity contribution in [3.05, 3.63) is 6.61 Å². The molecular formula is C4H3F3NO2. The molecule has 0 N–H and O–H groups in total. The van der Waals surface area contributed by atoms with E-state index in [1.807, 2.05) is 0 Å². The van der Waals surface area contributed by atoms with Crippen LogP contribution in [0, 0.1) is 6.61 Å². The predicted octanol–water partition coefficient (Wildman–Crippen LogP) is 1.07. The largest absolute Gasteiger partial charge is 0.576 e. The molecule has 0 saturated heterocycles. The van der Waals surface area contributed by atoms with Gasteiger partial charge in [0.25, 0.3) is 0 Å². The zero-order valence-corrected chi connectivity index (χ0v) is 4.68. The maximum atomic E-state index is 11.3. The van der Waals surface area contributed by atoms with Crippen molar-refractivity contribution in [3.63, 3.8) is 0 Å². The topological polar surface area (TPSA) is 30.8 Å². The molecule has 0 fully saturated rings. The molecule has 0 spiro atoms. The summed E-state index contributed by atoms with van der Waals surface area (Å²) in [5.41, 5.74) is 0. The average molecular weight is 154 g/mol. The van der Waals surface area contributed by atoms with Crippen LogP contribution >= 0.6 is 0 Å². The van der Waals surface area contributed by atoms with Gasteiger partial charge in [0.15, 0.2) is 6.61 Å². The van der Waals surface area contributed by atoms with Crippen molar-refractivity contribution in [2.45, 2.75) is 6.36 Å². The molecule has 10 heavy (non-hydrogen) atoms. The quantitative estimate of drug-likeness (QED) is 0.522. The second-order valence-corrected chi connectivity index (χ2v) is 1.44.